The number of benzene rings is 1. The molecule has 1 amide bonds. The van der Waals surface area contributed by atoms with Crippen LogP contribution in [0, 0.1) is 0 Å². The molecule has 1 N–H and O–H groups in total. The summed E-state index contributed by atoms with van der Waals surface area (Å²) in [7, 11) is 1.99. The monoisotopic (exact) mass is 390 g/mol. The maximum Gasteiger partial charge on any atom is 0.257 e. The highest BCUT2D eigenvalue weighted by atomic mass is 16.5. The van der Waals surface area contributed by atoms with Crippen LogP contribution in [-0.4, -0.2) is 35.6 Å². The van der Waals surface area contributed by atoms with E-state index in [4.69, 9.17) is 4.74 Å². The molecule has 0 unspecified atom stereocenters. The van der Waals surface area contributed by atoms with Gasteiger partial charge in [-0.1, -0.05) is 12.1 Å². The summed E-state index contributed by atoms with van der Waals surface area (Å²) in [5, 5.41) is 2.90. The Bertz CT molecular complexity index is 927. The molecule has 0 aliphatic heterocycles. The van der Waals surface area contributed by atoms with Gasteiger partial charge in [0.2, 0.25) is 0 Å². The van der Waals surface area contributed by atoms with E-state index in [1.165, 1.54) is 5.56 Å². The third-order valence-corrected chi connectivity index (χ3v) is 4.38. The Morgan fingerprint density at radius 1 is 1.10 bits per heavy atom. The predicted molar refractivity (Wildman–Crippen MR) is 116 cm³/mol. The van der Waals surface area contributed by atoms with Gasteiger partial charge in [0.15, 0.2) is 0 Å². The van der Waals surface area contributed by atoms with E-state index in [0.29, 0.717) is 17.0 Å². The van der Waals surface area contributed by atoms with E-state index in [0.717, 1.165) is 18.8 Å². The first-order valence-electron chi connectivity index (χ1n) is 9.66. The summed E-state index contributed by atoms with van der Waals surface area (Å²) in [6.45, 7) is 4.72. The van der Waals surface area contributed by atoms with Crippen molar-refractivity contribution in [3.63, 3.8) is 0 Å². The van der Waals surface area contributed by atoms with Crippen molar-refractivity contribution in [1.29, 1.82) is 0 Å². The van der Waals surface area contributed by atoms with Crippen molar-refractivity contribution < 1.29 is 9.53 Å². The number of amides is 1. The fourth-order valence-corrected chi connectivity index (χ4v) is 2.83. The zero-order valence-corrected chi connectivity index (χ0v) is 17.0. The van der Waals surface area contributed by atoms with Crippen molar-refractivity contribution >= 4 is 17.4 Å². The van der Waals surface area contributed by atoms with Crippen LogP contribution in [0.25, 0.3) is 0 Å². The third kappa shape index (κ3) is 5.78. The lowest BCUT2D eigenvalue weighted by molar-refractivity contribution is 0.102. The molecule has 0 aliphatic carbocycles. The summed E-state index contributed by atoms with van der Waals surface area (Å²) in [6, 6.07) is 15.1. The SMILES string of the molecule is CC(C)Oc1ccccc1NC(=O)c1ccc(N(C)CCc2ccncc2)nc1. The minimum Gasteiger partial charge on any atom is -0.489 e. The summed E-state index contributed by atoms with van der Waals surface area (Å²) in [5.74, 6) is 1.25. The largest absolute Gasteiger partial charge is 0.489 e. The van der Waals surface area contributed by atoms with Gasteiger partial charge in [0.05, 0.1) is 17.4 Å². The van der Waals surface area contributed by atoms with Crippen molar-refractivity contribution in [3.8, 4) is 5.75 Å². The number of pyridine rings is 2. The molecule has 0 saturated carbocycles. The molecule has 0 fully saturated rings. The van der Waals surface area contributed by atoms with Crippen LogP contribution >= 0.6 is 0 Å². The van der Waals surface area contributed by atoms with Gasteiger partial charge in [-0.25, -0.2) is 4.98 Å². The molecule has 0 spiro atoms. The van der Waals surface area contributed by atoms with Crippen LogP contribution in [0.3, 0.4) is 0 Å². The van der Waals surface area contributed by atoms with E-state index in [1.54, 1.807) is 24.7 Å². The lowest BCUT2D eigenvalue weighted by Gasteiger charge is -2.18. The first-order valence-corrected chi connectivity index (χ1v) is 9.66. The van der Waals surface area contributed by atoms with E-state index < -0.39 is 0 Å². The van der Waals surface area contributed by atoms with E-state index in [9.17, 15) is 4.79 Å². The molecule has 29 heavy (non-hydrogen) atoms. The molecule has 0 saturated heterocycles. The van der Waals surface area contributed by atoms with Gasteiger partial charge in [-0.3, -0.25) is 9.78 Å². The Balaban J connectivity index is 1.62. The van der Waals surface area contributed by atoms with Crippen LogP contribution in [0.5, 0.6) is 5.75 Å². The Hall–Kier alpha value is -3.41. The maximum atomic E-state index is 12.6. The number of anilines is 2. The molecule has 0 atom stereocenters. The summed E-state index contributed by atoms with van der Waals surface area (Å²) < 4.78 is 5.76. The number of carbonyl (C=O) groups is 1. The number of hydrogen-bond acceptors (Lipinski definition) is 5. The van der Waals surface area contributed by atoms with Crippen molar-refractivity contribution in [3.05, 3.63) is 78.2 Å². The third-order valence-electron chi connectivity index (χ3n) is 4.38. The minimum absolute atomic E-state index is 0.0247. The summed E-state index contributed by atoms with van der Waals surface area (Å²) in [5.41, 5.74) is 2.37. The van der Waals surface area contributed by atoms with Gasteiger partial charge in [0.25, 0.3) is 5.91 Å². The second-order valence-electron chi connectivity index (χ2n) is 7.05. The summed E-state index contributed by atoms with van der Waals surface area (Å²) in [4.78, 5) is 23.2. The second-order valence-corrected chi connectivity index (χ2v) is 7.05. The first kappa shape index (κ1) is 20.3. The second kappa shape index (κ2) is 9.68. The number of carbonyl (C=O) groups excluding carboxylic acids is 1. The van der Waals surface area contributed by atoms with Gasteiger partial charge < -0.3 is 15.0 Å². The molecular weight excluding hydrogens is 364 g/mol. The summed E-state index contributed by atoms with van der Waals surface area (Å²) in [6.07, 6.45) is 6.11. The number of likely N-dealkylation sites (N-methyl/N-ethyl adjacent to an activating group) is 1. The van der Waals surface area contributed by atoms with Gasteiger partial charge >= 0.3 is 0 Å². The van der Waals surface area contributed by atoms with Crippen LogP contribution in [0.4, 0.5) is 11.5 Å². The lowest BCUT2D eigenvalue weighted by Crippen LogP contribution is -2.22. The van der Waals surface area contributed by atoms with Crippen molar-refractivity contribution in [1.82, 2.24) is 9.97 Å². The Labute approximate surface area is 171 Å². The molecular formula is C23H26N4O2. The normalized spacial score (nSPS) is 10.6. The number of rotatable bonds is 8. The highest BCUT2D eigenvalue weighted by Gasteiger charge is 2.12. The standard InChI is InChI=1S/C23H26N4O2/c1-17(2)29-21-7-5-4-6-20(21)26-23(28)19-8-9-22(25-16-19)27(3)15-12-18-10-13-24-14-11-18/h4-11,13-14,16-17H,12,15H2,1-3H3,(H,26,28). The molecule has 0 aliphatic rings. The van der Waals surface area contributed by atoms with E-state index in [-0.39, 0.29) is 12.0 Å². The fourth-order valence-electron chi connectivity index (χ4n) is 2.83. The lowest BCUT2D eigenvalue weighted by atomic mass is 10.2. The molecule has 2 heterocycles. The molecule has 1 aromatic carbocycles. The fraction of sp³-hybridized carbons (Fsp3) is 0.261. The van der Waals surface area contributed by atoms with E-state index in [1.807, 2.05) is 63.4 Å². The minimum atomic E-state index is -0.219. The van der Waals surface area contributed by atoms with Crippen LogP contribution < -0.4 is 15.0 Å². The van der Waals surface area contributed by atoms with Crippen molar-refractivity contribution in [2.45, 2.75) is 26.4 Å². The number of nitrogens with zero attached hydrogens (tertiary/aromatic N) is 3. The molecule has 150 valence electrons. The quantitative estimate of drug-likeness (QED) is 0.624. The highest BCUT2D eigenvalue weighted by Crippen LogP contribution is 2.25. The smallest absolute Gasteiger partial charge is 0.257 e. The topological polar surface area (TPSA) is 67.3 Å². The molecule has 6 heteroatoms. The average Bonchev–Trinajstić information content (AvgIpc) is 2.74. The molecule has 0 radical (unpaired) electrons. The number of para-hydroxylation sites is 2. The maximum absolute atomic E-state index is 12.6. The highest BCUT2D eigenvalue weighted by molar-refractivity contribution is 6.04. The molecule has 2 aromatic heterocycles. The van der Waals surface area contributed by atoms with Crippen LogP contribution in [0.2, 0.25) is 0 Å². The number of aromatic nitrogens is 2. The molecule has 3 rings (SSSR count). The number of ether oxygens (including phenoxy) is 1. The van der Waals surface area contributed by atoms with Crippen molar-refractivity contribution in [2.75, 3.05) is 23.8 Å². The van der Waals surface area contributed by atoms with Gasteiger partial charge in [-0.15, -0.1) is 0 Å². The molecule has 0 bridgehead atoms. The zero-order valence-electron chi connectivity index (χ0n) is 17.0. The van der Waals surface area contributed by atoms with Crippen LogP contribution in [-0.2, 0) is 6.42 Å². The number of hydrogen-bond donors (Lipinski definition) is 1. The van der Waals surface area contributed by atoms with E-state index in [2.05, 4.69) is 20.2 Å². The number of nitrogens with one attached hydrogen (secondary N) is 1. The van der Waals surface area contributed by atoms with Crippen LogP contribution in [0.1, 0.15) is 29.8 Å². The average molecular weight is 390 g/mol. The zero-order chi connectivity index (χ0) is 20.6. The van der Waals surface area contributed by atoms with Gasteiger partial charge in [-0.2, -0.15) is 0 Å². The predicted octanol–water partition coefficient (Wildman–Crippen LogP) is 4.20. The van der Waals surface area contributed by atoms with Crippen LogP contribution in [0.15, 0.2) is 67.1 Å². The van der Waals surface area contributed by atoms with Gasteiger partial charge in [0, 0.05) is 32.2 Å². The van der Waals surface area contributed by atoms with Gasteiger partial charge in [0.1, 0.15) is 11.6 Å². The molecule has 3 aromatic rings. The van der Waals surface area contributed by atoms with Crippen molar-refractivity contribution in [2.24, 2.45) is 0 Å². The Morgan fingerprint density at radius 3 is 2.55 bits per heavy atom. The summed E-state index contributed by atoms with van der Waals surface area (Å²) >= 11 is 0. The Kier molecular flexibility index (Phi) is 6.79. The van der Waals surface area contributed by atoms with Gasteiger partial charge in [-0.05, 0) is 62.2 Å². The first-order chi connectivity index (χ1) is 14.0. The Morgan fingerprint density at radius 2 is 1.86 bits per heavy atom. The molecule has 6 nitrogen and oxygen atoms in total. The van der Waals surface area contributed by atoms with E-state index >= 15 is 0 Å².